The van der Waals surface area contributed by atoms with E-state index in [1.54, 1.807) is 18.2 Å². The van der Waals surface area contributed by atoms with E-state index in [-0.39, 0.29) is 27.6 Å². The fourth-order valence-electron chi connectivity index (χ4n) is 2.46. The minimum absolute atomic E-state index is 0.0376. The van der Waals surface area contributed by atoms with Crippen LogP contribution in [0.15, 0.2) is 52.5 Å². The molecule has 0 fully saturated rings. The van der Waals surface area contributed by atoms with Crippen LogP contribution in [0.2, 0.25) is 0 Å². The van der Waals surface area contributed by atoms with Gasteiger partial charge in [0.2, 0.25) is 5.75 Å². The van der Waals surface area contributed by atoms with Gasteiger partial charge in [-0.15, -0.1) is 0 Å². The van der Waals surface area contributed by atoms with Gasteiger partial charge in [-0.1, -0.05) is 38.0 Å². The summed E-state index contributed by atoms with van der Waals surface area (Å²) in [4.78, 5) is 13.0. The molecule has 0 aliphatic heterocycles. The molecule has 0 aliphatic rings. The van der Waals surface area contributed by atoms with Crippen molar-refractivity contribution in [3.63, 3.8) is 0 Å². The quantitative estimate of drug-likeness (QED) is 0.257. The predicted molar refractivity (Wildman–Crippen MR) is 109 cm³/mol. The Kier molecular flexibility index (Phi) is 7.96. The van der Waals surface area contributed by atoms with Crippen LogP contribution in [-0.4, -0.2) is 33.3 Å². The van der Waals surface area contributed by atoms with E-state index < -0.39 is 14.9 Å². The summed E-state index contributed by atoms with van der Waals surface area (Å²) in [6.07, 6.45) is 3.87. The summed E-state index contributed by atoms with van der Waals surface area (Å²) in [7, 11) is -2.46. The van der Waals surface area contributed by atoms with E-state index in [1.807, 2.05) is 6.92 Å². The van der Waals surface area contributed by atoms with Crippen molar-refractivity contribution < 1.29 is 22.8 Å². The molecule has 156 valence electrons. The molecular weight excluding hydrogens is 398 g/mol. The topological polar surface area (TPSA) is 120 Å². The van der Waals surface area contributed by atoms with Crippen LogP contribution in [-0.2, 0) is 10.0 Å². The number of nitro benzene ring substituents is 1. The van der Waals surface area contributed by atoms with E-state index in [9.17, 15) is 18.5 Å². The molecule has 0 saturated carbocycles. The van der Waals surface area contributed by atoms with Gasteiger partial charge in [0.15, 0.2) is 5.75 Å². The summed E-state index contributed by atoms with van der Waals surface area (Å²) < 4.78 is 35.1. The minimum atomic E-state index is -3.84. The Morgan fingerprint density at radius 3 is 2.55 bits per heavy atom. The molecule has 0 saturated heterocycles. The molecule has 1 N–H and O–H groups in total. The summed E-state index contributed by atoms with van der Waals surface area (Å²) in [5.74, 6) is 0.207. The zero-order valence-corrected chi connectivity index (χ0v) is 17.0. The summed E-state index contributed by atoms with van der Waals surface area (Å²) >= 11 is 0. The first-order valence-corrected chi connectivity index (χ1v) is 10.5. The van der Waals surface area contributed by atoms with Crippen molar-refractivity contribution in [1.29, 1.82) is 0 Å². The van der Waals surface area contributed by atoms with Crippen molar-refractivity contribution in [2.75, 3.05) is 13.7 Å². The Hall–Kier alpha value is -3.14. The molecule has 0 spiro atoms. The number of nitrogens with one attached hydrogen (secondary N) is 1. The first kappa shape index (κ1) is 22.2. The molecule has 0 aromatic heterocycles. The molecule has 0 heterocycles. The molecule has 29 heavy (non-hydrogen) atoms. The van der Waals surface area contributed by atoms with Crippen LogP contribution in [0.25, 0.3) is 0 Å². The zero-order valence-electron chi connectivity index (χ0n) is 16.2. The maximum Gasteiger partial charge on any atom is 0.315 e. The van der Waals surface area contributed by atoms with Crippen molar-refractivity contribution in [3.05, 3.63) is 58.1 Å². The maximum absolute atomic E-state index is 12.2. The van der Waals surface area contributed by atoms with Crippen LogP contribution < -0.4 is 14.3 Å². The maximum atomic E-state index is 12.2. The number of hydrogen-bond acceptors (Lipinski definition) is 7. The van der Waals surface area contributed by atoms with Crippen molar-refractivity contribution in [2.45, 2.75) is 31.1 Å². The molecule has 0 unspecified atom stereocenters. The molecule has 9 nitrogen and oxygen atoms in total. The molecule has 0 bridgehead atoms. The number of nitro groups is 1. The SMILES string of the molecule is CCCCCOc1c(OC)cc(/C=N/NS(=O)(=O)c2ccccc2)cc1[N+](=O)[O-]. The van der Waals surface area contributed by atoms with Crippen LogP contribution in [0.3, 0.4) is 0 Å². The van der Waals surface area contributed by atoms with E-state index >= 15 is 0 Å². The number of methoxy groups -OCH3 is 1. The number of hydrazone groups is 1. The number of hydrogen-bond donors (Lipinski definition) is 1. The second-order valence-corrected chi connectivity index (χ2v) is 7.71. The van der Waals surface area contributed by atoms with Crippen LogP contribution >= 0.6 is 0 Å². The largest absolute Gasteiger partial charge is 0.493 e. The fraction of sp³-hybridized carbons (Fsp3) is 0.316. The van der Waals surface area contributed by atoms with Crippen molar-refractivity contribution in [2.24, 2.45) is 5.10 Å². The van der Waals surface area contributed by atoms with Crippen LogP contribution in [0.1, 0.15) is 31.7 Å². The first-order chi connectivity index (χ1) is 13.9. The second kappa shape index (κ2) is 10.4. The second-order valence-electron chi connectivity index (χ2n) is 6.05. The highest BCUT2D eigenvalue weighted by Crippen LogP contribution is 2.38. The third kappa shape index (κ3) is 6.18. The average molecular weight is 421 g/mol. The lowest BCUT2D eigenvalue weighted by atomic mass is 10.2. The van der Waals surface area contributed by atoms with Gasteiger partial charge in [0.1, 0.15) is 0 Å². The highest BCUT2D eigenvalue weighted by molar-refractivity contribution is 7.89. The van der Waals surface area contributed by atoms with Gasteiger partial charge in [-0.2, -0.15) is 13.5 Å². The average Bonchev–Trinajstić information content (AvgIpc) is 2.71. The number of nitrogens with zero attached hydrogens (tertiary/aromatic N) is 2. The van der Waals surface area contributed by atoms with E-state index in [0.717, 1.165) is 25.5 Å². The number of rotatable bonds is 11. The first-order valence-electron chi connectivity index (χ1n) is 8.98. The lowest BCUT2D eigenvalue weighted by molar-refractivity contribution is -0.386. The van der Waals surface area contributed by atoms with Gasteiger partial charge in [0.25, 0.3) is 10.0 Å². The molecule has 0 atom stereocenters. The molecular formula is C19H23N3O6S. The fourth-order valence-corrected chi connectivity index (χ4v) is 3.28. The standard InChI is InChI=1S/C19H23N3O6S/c1-3-4-8-11-28-19-17(22(23)24)12-15(13-18(19)27-2)14-20-21-29(25,26)16-9-6-5-7-10-16/h5-7,9-10,12-14,21H,3-4,8,11H2,1-2H3/b20-14+. The van der Waals surface area contributed by atoms with Crippen molar-refractivity contribution in [3.8, 4) is 11.5 Å². The summed E-state index contributed by atoms with van der Waals surface area (Å²) in [5, 5.41) is 15.2. The molecule has 2 aromatic rings. The van der Waals surface area contributed by atoms with E-state index in [2.05, 4.69) is 9.93 Å². The predicted octanol–water partition coefficient (Wildman–Crippen LogP) is 3.48. The van der Waals surface area contributed by atoms with Crippen molar-refractivity contribution in [1.82, 2.24) is 4.83 Å². The van der Waals surface area contributed by atoms with Crippen LogP contribution in [0.5, 0.6) is 11.5 Å². The Labute approximate surface area is 169 Å². The molecule has 2 aromatic carbocycles. The van der Waals surface area contributed by atoms with Gasteiger partial charge in [-0.25, -0.2) is 4.83 Å². The van der Waals surface area contributed by atoms with E-state index in [1.165, 1.54) is 31.4 Å². The Morgan fingerprint density at radius 2 is 1.93 bits per heavy atom. The number of sulfonamides is 1. The van der Waals surface area contributed by atoms with Gasteiger partial charge in [0, 0.05) is 11.6 Å². The normalized spacial score (nSPS) is 11.4. The zero-order chi connectivity index (χ0) is 21.3. The number of benzene rings is 2. The Bertz CT molecular complexity index is 961. The highest BCUT2D eigenvalue weighted by atomic mass is 32.2. The minimum Gasteiger partial charge on any atom is -0.493 e. The smallest absolute Gasteiger partial charge is 0.315 e. The summed E-state index contributed by atoms with van der Waals surface area (Å²) in [6, 6.07) is 10.5. The third-order valence-corrected chi connectivity index (χ3v) is 5.15. The molecule has 10 heteroatoms. The Balaban J connectivity index is 2.23. The monoisotopic (exact) mass is 421 g/mol. The van der Waals surface area contributed by atoms with Gasteiger partial charge in [0.05, 0.1) is 29.8 Å². The lowest BCUT2D eigenvalue weighted by Crippen LogP contribution is -2.18. The van der Waals surface area contributed by atoms with Gasteiger partial charge < -0.3 is 9.47 Å². The van der Waals surface area contributed by atoms with Gasteiger partial charge in [-0.05, 0) is 24.6 Å². The Morgan fingerprint density at radius 1 is 1.21 bits per heavy atom. The lowest BCUT2D eigenvalue weighted by Gasteiger charge is -2.11. The number of ether oxygens (including phenoxy) is 2. The molecule has 0 aliphatic carbocycles. The van der Waals surface area contributed by atoms with Crippen LogP contribution in [0, 0.1) is 10.1 Å². The summed E-state index contributed by atoms with van der Waals surface area (Å²) in [6.45, 7) is 2.37. The molecule has 0 amide bonds. The van der Waals surface area contributed by atoms with Crippen LogP contribution in [0.4, 0.5) is 5.69 Å². The van der Waals surface area contributed by atoms with E-state index in [4.69, 9.17) is 9.47 Å². The number of unbranched alkanes of at least 4 members (excludes halogenated alkanes) is 2. The molecule has 2 rings (SSSR count). The van der Waals surface area contributed by atoms with Gasteiger partial charge >= 0.3 is 5.69 Å². The third-order valence-electron chi connectivity index (χ3n) is 3.91. The van der Waals surface area contributed by atoms with Gasteiger partial charge in [-0.3, -0.25) is 10.1 Å². The van der Waals surface area contributed by atoms with Crippen molar-refractivity contribution >= 4 is 21.9 Å². The highest BCUT2D eigenvalue weighted by Gasteiger charge is 2.22. The summed E-state index contributed by atoms with van der Waals surface area (Å²) in [5.41, 5.74) is -0.00145. The molecule has 0 radical (unpaired) electrons. The van der Waals surface area contributed by atoms with E-state index in [0.29, 0.717) is 6.61 Å².